The van der Waals surface area contributed by atoms with Crippen molar-refractivity contribution in [1.29, 1.82) is 0 Å². The zero-order valence-corrected chi connectivity index (χ0v) is 11.6. The predicted molar refractivity (Wildman–Crippen MR) is 77.6 cm³/mol. The van der Waals surface area contributed by atoms with Gasteiger partial charge in [-0.3, -0.25) is 9.78 Å². The summed E-state index contributed by atoms with van der Waals surface area (Å²) in [5.41, 5.74) is 0. The van der Waals surface area contributed by atoms with Crippen LogP contribution in [0.2, 0.25) is 0 Å². The molecule has 0 bridgehead atoms. The molecule has 0 rings (SSSR count). The second-order valence-corrected chi connectivity index (χ2v) is 3.34. The van der Waals surface area contributed by atoms with Crippen molar-refractivity contribution in [3.63, 3.8) is 0 Å². The Morgan fingerprint density at radius 3 is 1.89 bits per heavy atom. The minimum atomic E-state index is 0.648. The molecule has 0 unspecified atom stereocenters. The summed E-state index contributed by atoms with van der Waals surface area (Å²) in [7, 11) is 0. The fourth-order valence-corrected chi connectivity index (χ4v) is 0.996. The molecule has 98 valence electrons. The van der Waals surface area contributed by atoms with Gasteiger partial charge in [-0.1, -0.05) is 36.5 Å². The lowest BCUT2D eigenvalue weighted by molar-refractivity contribution is -0.217. The normalized spacial score (nSPS) is 14.4. The molecule has 0 saturated carbocycles. The average Bonchev–Trinajstić information content (AvgIpc) is 2.39. The van der Waals surface area contributed by atoms with E-state index in [1.165, 1.54) is 0 Å². The first-order valence-corrected chi connectivity index (χ1v) is 6.04. The van der Waals surface area contributed by atoms with Gasteiger partial charge in [-0.15, -0.1) is 0 Å². The Labute approximate surface area is 110 Å². The monoisotopic (exact) mass is 246 g/mol. The van der Waals surface area contributed by atoms with Crippen LogP contribution in [-0.4, -0.2) is 0 Å². The summed E-state index contributed by atoms with van der Waals surface area (Å²) < 4.78 is 0. The second kappa shape index (κ2) is 11.5. The zero-order chi connectivity index (χ0) is 13.6. The summed E-state index contributed by atoms with van der Waals surface area (Å²) in [6, 6.07) is 0. The number of allylic oxidation sites excluding steroid dienone is 10. The molecule has 0 aromatic carbocycles. The molecule has 0 heterocycles. The van der Waals surface area contributed by atoms with Crippen LogP contribution in [0.25, 0.3) is 0 Å². The number of hydrogen-bond acceptors (Lipinski definition) is 2. The van der Waals surface area contributed by atoms with Crippen molar-refractivity contribution < 1.29 is 9.78 Å². The van der Waals surface area contributed by atoms with Crippen molar-refractivity contribution in [2.24, 2.45) is 0 Å². The SMILES string of the molecule is C\C=C/C=C\C(=C/C)OOC(/C=C\C)=C/C=C\C. The van der Waals surface area contributed by atoms with Crippen LogP contribution in [0.5, 0.6) is 0 Å². The maximum absolute atomic E-state index is 5.25. The Morgan fingerprint density at radius 1 is 0.667 bits per heavy atom. The van der Waals surface area contributed by atoms with Crippen LogP contribution >= 0.6 is 0 Å². The smallest absolute Gasteiger partial charge is 0.178 e. The Balaban J connectivity index is 4.49. The van der Waals surface area contributed by atoms with Gasteiger partial charge in [0.05, 0.1) is 0 Å². The van der Waals surface area contributed by atoms with Gasteiger partial charge in [-0.2, -0.15) is 0 Å². The topological polar surface area (TPSA) is 18.5 Å². The van der Waals surface area contributed by atoms with E-state index in [1.807, 2.05) is 88.5 Å². The van der Waals surface area contributed by atoms with Crippen LogP contribution < -0.4 is 0 Å². The maximum atomic E-state index is 5.25. The first-order chi connectivity index (χ1) is 8.78. The van der Waals surface area contributed by atoms with Gasteiger partial charge < -0.3 is 0 Å². The van der Waals surface area contributed by atoms with Gasteiger partial charge in [-0.25, -0.2) is 0 Å². The maximum Gasteiger partial charge on any atom is 0.178 e. The highest BCUT2D eigenvalue weighted by Crippen LogP contribution is 2.08. The molecule has 0 aromatic heterocycles. The van der Waals surface area contributed by atoms with Crippen LogP contribution in [0, 0.1) is 0 Å². The lowest BCUT2D eigenvalue weighted by Gasteiger charge is -2.06. The quantitative estimate of drug-likeness (QED) is 0.272. The highest BCUT2D eigenvalue weighted by Gasteiger charge is 1.96. The summed E-state index contributed by atoms with van der Waals surface area (Å²) in [6.45, 7) is 7.72. The fraction of sp³-hybridized carbons (Fsp3) is 0.250. The van der Waals surface area contributed by atoms with Crippen molar-refractivity contribution in [2.45, 2.75) is 27.7 Å². The largest absolute Gasteiger partial charge is 0.290 e. The second-order valence-electron chi connectivity index (χ2n) is 3.34. The van der Waals surface area contributed by atoms with Crippen molar-refractivity contribution in [3.05, 3.63) is 72.3 Å². The van der Waals surface area contributed by atoms with E-state index in [4.69, 9.17) is 9.78 Å². The van der Waals surface area contributed by atoms with E-state index >= 15 is 0 Å². The van der Waals surface area contributed by atoms with Gasteiger partial charge in [0.1, 0.15) is 0 Å². The molecule has 0 N–H and O–H groups in total. The Morgan fingerprint density at radius 2 is 1.33 bits per heavy atom. The number of hydrogen-bond donors (Lipinski definition) is 0. The first kappa shape index (κ1) is 16.0. The van der Waals surface area contributed by atoms with Gasteiger partial charge >= 0.3 is 0 Å². The summed E-state index contributed by atoms with van der Waals surface area (Å²) in [5.74, 6) is 1.30. The van der Waals surface area contributed by atoms with Crippen LogP contribution in [-0.2, 0) is 9.78 Å². The molecule has 2 heteroatoms. The molecule has 0 fully saturated rings. The lowest BCUT2D eigenvalue weighted by Crippen LogP contribution is -1.92. The molecule has 0 aromatic rings. The van der Waals surface area contributed by atoms with Gasteiger partial charge in [0, 0.05) is 0 Å². The summed E-state index contributed by atoms with van der Waals surface area (Å²) in [4.78, 5) is 10.5. The van der Waals surface area contributed by atoms with Gasteiger partial charge in [0.25, 0.3) is 0 Å². The first-order valence-electron chi connectivity index (χ1n) is 6.04. The molecular formula is C16H22O2. The van der Waals surface area contributed by atoms with Gasteiger partial charge in [-0.05, 0) is 52.0 Å². The standard InChI is InChI=1S/C16H22O2/c1-5-9-11-14-15(8-4)17-18-16(12-7-3)13-10-6-2/h5-14H,1-4H3/b9-5-,10-6-,12-7-,14-11-,15-8+,16-13+. The highest BCUT2D eigenvalue weighted by atomic mass is 17.2. The molecule has 0 spiro atoms. The fourth-order valence-electron chi connectivity index (χ4n) is 0.996. The lowest BCUT2D eigenvalue weighted by atomic mass is 10.4. The van der Waals surface area contributed by atoms with Crippen LogP contribution in [0.3, 0.4) is 0 Å². The van der Waals surface area contributed by atoms with E-state index in [0.29, 0.717) is 11.5 Å². The summed E-state index contributed by atoms with van der Waals surface area (Å²) in [5, 5.41) is 0. The molecule has 0 saturated heterocycles. The van der Waals surface area contributed by atoms with E-state index in [1.54, 1.807) is 0 Å². The van der Waals surface area contributed by atoms with Gasteiger partial charge in [0.15, 0.2) is 11.5 Å². The molecule has 0 aliphatic heterocycles. The van der Waals surface area contributed by atoms with E-state index in [9.17, 15) is 0 Å². The Hall–Kier alpha value is -1.96. The van der Waals surface area contributed by atoms with E-state index in [-0.39, 0.29) is 0 Å². The van der Waals surface area contributed by atoms with Crippen molar-refractivity contribution in [2.75, 3.05) is 0 Å². The zero-order valence-electron chi connectivity index (χ0n) is 11.6. The van der Waals surface area contributed by atoms with Crippen LogP contribution in [0.15, 0.2) is 72.3 Å². The minimum absolute atomic E-state index is 0.648. The summed E-state index contributed by atoms with van der Waals surface area (Å²) >= 11 is 0. The third-order valence-corrected chi connectivity index (χ3v) is 1.87. The van der Waals surface area contributed by atoms with Crippen LogP contribution in [0.4, 0.5) is 0 Å². The number of rotatable bonds is 7. The third kappa shape index (κ3) is 8.22. The average molecular weight is 246 g/mol. The Kier molecular flexibility index (Phi) is 10.3. The Bertz CT molecular complexity index is 380. The van der Waals surface area contributed by atoms with Crippen molar-refractivity contribution >= 4 is 0 Å². The van der Waals surface area contributed by atoms with E-state index < -0.39 is 0 Å². The minimum Gasteiger partial charge on any atom is -0.290 e. The molecule has 0 aliphatic carbocycles. The molecule has 2 nitrogen and oxygen atoms in total. The van der Waals surface area contributed by atoms with Crippen molar-refractivity contribution in [1.82, 2.24) is 0 Å². The molecule has 0 aliphatic rings. The van der Waals surface area contributed by atoms with Crippen molar-refractivity contribution in [3.8, 4) is 0 Å². The van der Waals surface area contributed by atoms with E-state index in [0.717, 1.165) is 0 Å². The highest BCUT2D eigenvalue weighted by molar-refractivity contribution is 5.18. The molecule has 0 radical (unpaired) electrons. The summed E-state index contributed by atoms with van der Waals surface area (Å²) in [6.07, 6.45) is 18.8. The molecule has 0 atom stereocenters. The van der Waals surface area contributed by atoms with Crippen LogP contribution in [0.1, 0.15) is 27.7 Å². The predicted octanol–water partition coefficient (Wildman–Crippen LogP) is 5.01. The molecule has 0 amide bonds. The molecular weight excluding hydrogens is 224 g/mol. The van der Waals surface area contributed by atoms with E-state index in [2.05, 4.69) is 0 Å². The molecule has 18 heavy (non-hydrogen) atoms. The van der Waals surface area contributed by atoms with Gasteiger partial charge in [0.2, 0.25) is 0 Å². The third-order valence-electron chi connectivity index (χ3n) is 1.87.